The number of aryl methyl sites for hydroxylation is 2. The maximum atomic E-state index is 12.7. The number of ketones is 1. The molecule has 0 bridgehead atoms. The summed E-state index contributed by atoms with van der Waals surface area (Å²) in [7, 11) is 0. The van der Waals surface area contributed by atoms with Crippen LogP contribution in [-0.4, -0.2) is 29.8 Å². The van der Waals surface area contributed by atoms with Crippen LogP contribution in [0.3, 0.4) is 0 Å². The molecule has 2 nitrogen and oxygen atoms in total. The molecule has 3 atom stereocenters. The third-order valence-electron chi connectivity index (χ3n) is 5.47. The Kier molecular flexibility index (Phi) is 3.68. The van der Waals surface area contributed by atoms with E-state index in [4.69, 9.17) is 0 Å². The largest absolute Gasteiger partial charge is 0.293 e. The molecule has 108 valence electrons. The lowest BCUT2D eigenvalue weighted by atomic mass is 9.99. The lowest BCUT2D eigenvalue weighted by Crippen LogP contribution is -2.38. The van der Waals surface area contributed by atoms with E-state index in [1.54, 1.807) is 0 Å². The standard InChI is InChI=1S/C18H25NO/c1-12-7-8-15(9-13(12)2)18(20)14(3)19-10-16-5-4-6-17(16)11-19/h7-9,14,16-17H,4-6,10-11H2,1-3H3. The van der Waals surface area contributed by atoms with Gasteiger partial charge in [-0.05, 0) is 62.6 Å². The van der Waals surface area contributed by atoms with E-state index in [2.05, 4.69) is 31.7 Å². The highest BCUT2D eigenvalue weighted by Crippen LogP contribution is 2.38. The molecule has 2 aliphatic rings. The minimum atomic E-state index is 0.0303. The average molecular weight is 271 g/mol. The number of Topliss-reactive ketones (excluding diaryl/α,β-unsaturated/α-hetero) is 1. The van der Waals surface area contributed by atoms with Crippen molar-refractivity contribution < 1.29 is 4.79 Å². The van der Waals surface area contributed by atoms with Crippen molar-refractivity contribution in [1.82, 2.24) is 4.90 Å². The van der Waals surface area contributed by atoms with E-state index >= 15 is 0 Å². The molecule has 1 saturated heterocycles. The monoisotopic (exact) mass is 271 g/mol. The van der Waals surface area contributed by atoms with Crippen LogP contribution in [0.5, 0.6) is 0 Å². The normalized spacial score (nSPS) is 27.6. The summed E-state index contributed by atoms with van der Waals surface area (Å²) in [5.74, 6) is 1.99. The Morgan fingerprint density at radius 2 is 1.80 bits per heavy atom. The minimum Gasteiger partial charge on any atom is -0.293 e. The summed E-state index contributed by atoms with van der Waals surface area (Å²) in [6, 6.07) is 6.12. The van der Waals surface area contributed by atoms with Crippen LogP contribution in [0, 0.1) is 25.7 Å². The number of benzene rings is 1. The van der Waals surface area contributed by atoms with Crippen molar-refractivity contribution in [2.24, 2.45) is 11.8 Å². The Balaban J connectivity index is 1.72. The molecule has 2 heteroatoms. The lowest BCUT2D eigenvalue weighted by molar-refractivity contribution is 0.0858. The molecule has 3 unspecified atom stereocenters. The number of hydrogen-bond donors (Lipinski definition) is 0. The van der Waals surface area contributed by atoms with Crippen LogP contribution >= 0.6 is 0 Å². The van der Waals surface area contributed by atoms with Crippen LogP contribution in [0.1, 0.15) is 47.7 Å². The molecular formula is C18H25NO. The van der Waals surface area contributed by atoms with Crippen molar-refractivity contribution >= 4 is 5.78 Å². The fourth-order valence-corrected chi connectivity index (χ4v) is 3.89. The third kappa shape index (κ3) is 2.42. The molecule has 1 aromatic carbocycles. The van der Waals surface area contributed by atoms with Gasteiger partial charge < -0.3 is 0 Å². The van der Waals surface area contributed by atoms with Gasteiger partial charge in [-0.1, -0.05) is 18.6 Å². The molecule has 2 fully saturated rings. The highest BCUT2D eigenvalue weighted by atomic mass is 16.1. The molecule has 1 heterocycles. The van der Waals surface area contributed by atoms with Gasteiger partial charge in [0.25, 0.3) is 0 Å². The van der Waals surface area contributed by atoms with E-state index < -0.39 is 0 Å². The number of nitrogens with zero attached hydrogens (tertiary/aromatic N) is 1. The average Bonchev–Trinajstić information content (AvgIpc) is 3.01. The molecule has 1 aliphatic carbocycles. The first kappa shape index (κ1) is 13.8. The smallest absolute Gasteiger partial charge is 0.179 e. The van der Waals surface area contributed by atoms with Crippen LogP contribution in [0.4, 0.5) is 0 Å². The molecule has 0 radical (unpaired) electrons. The van der Waals surface area contributed by atoms with Crippen LogP contribution in [0.2, 0.25) is 0 Å². The molecule has 0 amide bonds. The van der Waals surface area contributed by atoms with Gasteiger partial charge in [-0.25, -0.2) is 0 Å². The number of fused-ring (bicyclic) bond motifs is 1. The predicted octanol–water partition coefficient (Wildman–Crippen LogP) is 3.61. The molecule has 1 aromatic rings. The molecule has 20 heavy (non-hydrogen) atoms. The quantitative estimate of drug-likeness (QED) is 0.783. The number of rotatable bonds is 3. The van der Waals surface area contributed by atoms with Gasteiger partial charge in [0.1, 0.15) is 0 Å². The van der Waals surface area contributed by atoms with Gasteiger partial charge in [-0.3, -0.25) is 9.69 Å². The van der Waals surface area contributed by atoms with Crippen molar-refractivity contribution in [3.63, 3.8) is 0 Å². The summed E-state index contributed by atoms with van der Waals surface area (Å²) in [6.07, 6.45) is 4.13. The van der Waals surface area contributed by atoms with E-state index in [1.165, 1.54) is 30.4 Å². The second-order valence-electron chi connectivity index (χ2n) is 6.74. The predicted molar refractivity (Wildman–Crippen MR) is 82.1 cm³/mol. The highest BCUT2D eigenvalue weighted by Gasteiger charge is 2.39. The Hall–Kier alpha value is -1.15. The van der Waals surface area contributed by atoms with Crippen molar-refractivity contribution in [3.05, 3.63) is 34.9 Å². The van der Waals surface area contributed by atoms with Crippen molar-refractivity contribution in [3.8, 4) is 0 Å². The fourth-order valence-electron chi connectivity index (χ4n) is 3.89. The van der Waals surface area contributed by atoms with Gasteiger partial charge in [-0.15, -0.1) is 0 Å². The summed E-state index contributed by atoms with van der Waals surface area (Å²) in [5, 5.41) is 0. The fraction of sp³-hybridized carbons (Fsp3) is 0.611. The van der Waals surface area contributed by atoms with E-state index in [0.29, 0.717) is 0 Å². The Morgan fingerprint density at radius 3 is 2.40 bits per heavy atom. The van der Waals surface area contributed by atoms with Crippen molar-refractivity contribution in [2.75, 3.05) is 13.1 Å². The number of likely N-dealkylation sites (tertiary alicyclic amines) is 1. The van der Waals surface area contributed by atoms with E-state index in [1.807, 2.05) is 12.1 Å². The maximum absolute atomic E-state index is 12.7. The first-order valence-corrected chi connectivity index (χ1v) is 7.92. The van der Waals surface area contributed by atoms with Gasteiger partial charge in [0, 0.05) is 18.7 Å². The third-order valence-corrected chi connectivity index (χ3v) is 5.47. The Bertz CT molecular complexity index is 510. The second kappa shape index (κ2) is 5.33. The van der Waals surface area contributed by atoms with Gasteiger partial charge in [0.2, 0.25) is 0 Å². The summed E-state index contributed by atoms with van der Waals surface area (Å²) in [5.41, 5.74) is 3.34. The highest BCUT2D eigenvalue weighted by molar-refractivity contribution is 6.00. The van der Waals surface area contributed by atoms with Gasteiger partial charge in [-0.2, -0.15) is 0 Å². The van der Waals surface area contributed by atoms with Crippen LogP contribution < -0.4 is 0 Å². The number of hydrogen-bond acceptors (Lipinski definition) is 2. The van der Waals surface area contributed by atoms with Gasteiger partial charge >= 0.3 is 0 Å². The number of carbonyl (C=O) groups is 1. The Morgan fingerprint density at radius 1 is 1.15 bits per heavy atom. The van der Waals surface area contributed by atoms with Crippen LogP contribution in [-0.2, 0) is 0 Å². The van der Waals surface area contributed by atoms with E-state index in [-0.39, 0.29) is 11.8 Å². The zero-order chi connectivity index (χ0) is 14.3. The molecule has 3 rings (SSSR count). The number of carbonyl (C=O) groups excluding carboxylic acids is 1. The summed E-state index contributed by atoms with van der Waals surface area (Å²) in [4.78, 5) is 15.1. The zero-order valence-electron chi connectivity index (χ0n) is 12.9. The molecule has 1 aliphatic heterocycles. The van der Waals surface area contributed by atoms with E-state index in [9.17, 15) is 4.79 Å². The minimum absolute atomic E-state index is 0.0303. The summed E-state index contributed by atoms with van der Waals surface area (Å²) in [6.45, 7) is 8.51. The topological polar surface area (TPSA) is 20.3 Å². The van der Waals surface area contributed by atoms with Crippen LogP contribution in [0.15, 0.2) is 18.2 Å². The van der Waals surface area contributed by atoms with Crippen LogP contribution in [0.25, 0.3) is 0 Å². The lowest BCUT2D eigenvalue weighted by Gasteiger charge is -2.24. The first-order chi connectivity index (χ1) is 9.56. The van der Waals surface area contributed by atoms with E-state index in [0.717, 1.165) is 30.5 Å². The van der Waals surface area contributed by atoms with Gasteiger partial charge in [0.05, 0.1) is 6.04 Å². The SMILES string of the molecule is Cc1ccc(C(=O)C(C)N2CC3CCCC3C2)cc1C. The van der Waals surface area contributed by atoms with Crippen molar-refractivity contribution in [2.45, 2.75) is 46.1 Å². The maximum Gasteiger partial charge on any atom is 0.179 e. The molecular weight excluding hydrogens is 246 g/mol. The molecule has 0 N–H and O–H groups in total. The molecule has 1 saturated carbocycles. The summed E-state index contributed by atoms with van der Waals surface area (Å²) < 4.78 is 0. The summed E-state index contributed by atoms with van der Waals surface area (Å²) >= 11 is 0. The second-order valence-corrected chi connectivity index (χ2v) is 6.74. The van der Waals surface area contributed by atoms with Gasteiger partial charge in [0.15, 0.2) is 5.78 Å². The zero-order valence-corrected chi connectivity index (χ0v) is 12.9. The molecule has 0 spiro atoms. The molecule has 0 aromatic heterocycles. The Labute approximate surface area is 122 Å². The van der Waals surface area contributed by atoms with Crippen molar-refractivity contribution in [1.29, 1.82) is 0 Å². The first-order valence-electron chi connectivity index (χ1n) is 7.92.